The Morgan fingerprint density at radius 3 is 1.89 bits per heavy atom. The fourth-order valence-corrected chi connectivity index (χ4v) is 6.72. The van der Waals surface area contributed by atoms with Crippen molar-refractivity contribution in [3.8, 4) is 11.1 Å². The van der Waals surface area contributed by atoms with Gasteiger partial charge in [-0.25, -0.2) is 0 Å². The predicted octanol–water partition coefficient (Wildman–Crippen LogP) is 7.21. The van der Waals surface area contributed by atoms with Crippen LogP contribution in [0, 0.1) is 0 Å². The van der Waals surface area contributed by atoms with Gasteiger partial charge in [0.05, 0.1) is 0 Å². The van der Waals surface area contributed by atoms with Crippen molar-refractivity contribution in [1.29, 1.82) is 0 Å². The maximum absolute atomic E-state index is 8.98. The van der Waals surface area contributed by atoms with Crippen molar-refractivity contribution >= 4 is 45.5 Å². The number of hydrogen-bond acceptors (Lipinski definition) is 3. The second-order valence-electron chi connectivity index (χ2n) is 8.56. The summed E-state index contributed by atoms with van der Waals surface area (Å²) in [7, 11) is 0. The molecule has 0 saturated heterocycles. The Morgan fingerprint density at radius 2 is 1.16 bits per heavy atom. The quantitative estimate of drug-likeness (QED) is 0.233. The van der Waals surface area contributed by atoms with Crippen molar-refractivity contribution in [3.05, 3.63) is 144 Å². The minimum absolute atomic E-state index is 0.151. The molecule has 0 fully saturated rings. The molecule has 2 heterocycles. The molecule has 4 heteroatoms. The second-order valence-corrected chi connectivity index (χ2v) is 10.7. The van der Waals surface area contributed by atoms with Crippen LogP contribution in [0.15, 0.2) is 137 Å². The number of aliphatic imine (C=N–C) groups is 2. The van der Waals surface area contributed by atoms with E-state index in [0.29, 0.717) is 25.8 Å². The first-order valence-corrected chi connectivity index (χ1v) is 13.5. The molecule has 0 aliphatic carbocycles. The summed E-state index contributed by atoms with van der Waals surface area (Å²) < 4.78 is 61.0. The van der Waals surface area contributed by atoms with Gasteiger partial charge in [0.25, 0.3) is 0 Å². The van der Waals surface area contributed by atoms with Gasteiger partial charge >= 0.3 is 226 Å². The Labute approximate surface area is 231 Å². The van der Waals surface area contributed by atoms with Crippen LogP contribution < -0.4 is 5.32 Å². The SMILES string of the molecule is [2H]c1c([2H])c([2H])c2c([se]c3c(C4N=C(c5ccccc5)NC(c5ccc(-c6ccccc6)cc5)=N4)c([2H])c([2H])c([2H])c32)c1[2H]. The third-order valence-electron chi connectivity index (χ3n) is 6.27. The molecule has 5 aromatic carbocycles. The topological polar surface area (TPSA) is 36.8 Å². The van der Waals surface area contributed by atoms with E-state index < -0.39 is 20.7 Å². The molecule has 3 nitrogen and oxygen atoms in total. The average molecular weight is 548 g/mol. The molecular weight excluding hydrogens is 517 g/mol. The molecule has 1 unspecified atom stereocenters. The Morgan fingerprint density at radius 1 is 0.595 bits per heavy atom. The molecule has 176 valence electrons. The number of fused-ring (bicyclic) bond motifs is 3. The van der Waals surface area contributed by atoms with Crippen LogP contribution in [0.25, 0.3) is 30.4 Å². The van der Waals surface area contributed by atoms with Crippen LogP contribution in [0.3, 0.4) is 0 Å². The molecule has 1 atom stereocenters. The summed E-state index contributed by atoms with van der Waals surface area (Å²) in [5.41, 5.74) is 4.10. The number of nitrogens with one attached hydrogen (secondary N) is 1. The van der Waals surface area contributed by atoms with Crippen molar-refractivity contribution in [3.63, 3.8) is 0 Å². The van der Waals surface area contributed by atoms with E-state index in [9.17, 15) is 0 Å². The third-order valence-corrected chi connectivity index (χ3v) is 8.66. The predicted molar refractivity (Wildman–Crippen MR) is 156 cm³/mol. The van der Waals surface area contributed by atoms with Gasteiger partial charge in [-0.3, -0.25) is 0 Å². The monoisotopic (exact) mass is 548 g/mol. The normalized spacial score (nSPS) is 17.9. The summed E-state index contributed by atoms with van der Waals surface area (Å²) in [4.78, 5) is 9.86. The standard InChI is InChI=1S/C33H23N3Se/c1-3-10-22(11-4-1)23-18-20-25(21-19-23)32-34-31(24-12-5-2-6-13-24)35-33(36-32)28-16-9-15-27-26-14-7-8-17-29(26)37-30(27)28/h1-21,33H,(H,34,35,36)/i7D,8D,9D,14D,15D,16D,17D. The molecule has 0 saturated carbocycles. The van der Waals surface area contributed by atoms with E-state index >= 15 is 0 Å². The van der Waals surface area contributed by atoms with Crippen LogP contribution in [0.1, 0.15) is 32.5 Å². The maximum atomic E-state index is 8.98. The number of hydrogen-bond donors (Lipinski definition) is 1. The van der Waals surface area contributed by atoms with Gasteiger partial charge in [0.1, 0.15) is 0 Å². The molecule has 1 N–H and O–H groups in total. The van der Waals surface area contributed by atoms with Gasteiger partial charge in [-0.15, -0.1) is 0 Å². The van der Waals surface area contributed by atoms with Gasteiger partial charge < -0.3 is 0 Å². The van der Waals surface area contributed by atoms with E-state index in [1.165, 1.54) is 0 Å². The molecule has 7 rings (SSSR count). The van der Waals surface area contributed by atoms with Crippen molar-refractivity contribution < 1.29 is 9.60 Å². The molecule has 1 aliphatic heterocycles. The van der Waals surface area contributed by atoms with E-state index in [1.807, 2.05) is 84.9 Å². The zero-order chi connectivity index (χ0) is 30.7. The van der Waals surface area contributed by atoms with Crippen molar-refractivity contribution in [1.82, 2.24) is 5.32 Å². The molecule has 6 aromatic rings. The fourth-order valence-electron chi connectivity index (χ4n) is 4.45. The molecule has 1 aromatic heterocycles. The Bertz CT molecular complexity index is 2160. The summed E-state index contributed by atoms with van der Waals surface area (Å²) in [6, 6.07) is 25.8. The van der Waals surface area contributed by atoms with Gasteiger partial charge in [0, 0.05) is 0 Å². The first kappa shape index (κ1) is 15.8. The van der Waals surface area contributed by atoms with Crippen LogP contribution in [0.4, 0.5) is 0 Å². The van der Waals surface area contributed by atoms with Gasteiger partial charge in [-0.2, -0.15) is 0 Å². The Kier molecular flexibility index (Phi) is 3.98. The van der Waals surface area contributed by atoms with Crippen molar-refractivity contribution in [2.24, 2.45) is 9.98 Å². The Balaban J connectivity index is 1.46. The van der Waals surface area contributed by atoms with Crippen molar-refractivity contribution in [2.45, 2.75) is 6.17 Å². The van der Waals surface area contributed by atoms with Gasteiger partial charge in [-0.1, -0.05) is 6.07 Å². The first-order chi connectivity index (χ1) is 21.2. The number of rotatable bonds is 4. The molecule has 0 radical (unpaired) electrons. The number of nitrogens with zero attached hydrogens (tertiary/aromatic N) is 2. The fraction of sp³-hybridized carbons (Fsp3) is 0.0303. The van der Waals surface area contributed by atoms with E-state index in [1.54, 1.807) is 0 Å². The van der Waals surface area contributed by atoms with Gasteiger partial charge in [-0.05, 0) is 0 Å². The van der Waals surface area contributed by atoms with Gasteiger partial charge in [0.2, 0.25) is 0 Å². The summed E-state index contributed by atoms with van der Waals surface area (Å²) in [5, 5.41) is 3.88. The molecular formula is C33H23N3Se. The van der Waals surface area contributed by atoms with Gasteiger partial charge in [0.15, 0.2) is 0 Å². The molecule has 0 spiro atoms. The molecule has 0 amide bonds. The van der Waals surface area contributed by atoms with E-state index in [4.69, 9.17) is 19.6 Å². The summed E-state index contributed by atoms with van der Waals surface area (Å²) >= 11 is -0.657. The van der Waals surface area contributed by atoms with Crippen LogP contribution in [-0.4, -0.2) is 26.2 Å². The van der Waals surface area contributed by atoms with E-state index in [2.05, 4.69) is 5.32 Å². The summed E-state index contributed by atoms with van der Waals surface area (Å²) in [6.07, 6.45) is -0.938. The summed E-state index contributed by atoms with van der Waals surface area (Å²) in [5.74, 6) is 1.07. The van der Waals surface area contributed by atoms with E-state index in [0.717, 1.165) is 22.3 Å². The first-order valence-electron chi connectivity index (χ1n) is 15.3. The minimum atomic E-state index is -0.938. The van der Waals surface area contributed by atoms with Crippen LogP contribution in [0.2, 0.25) is 0 Å². The second kappa shape index (κ2) is 9.33. The summed E-state index contributed by atoms with van der Waals surface area (Å²) in [6.45, 7) is 0. The average Bonchev–Trinajstić information content (AvgIpc) is 3.47. The van der Waals surface area contributed by atoms with Crippen molar-refractivity contribution in [2.75, 3.05) is 0 Å². The van der Waals surface area contributed by atoms with Crippen LogP contribution in [0.5, 0.6) is 0 Å². The molecule has 1 aliphatic rings. The molecule has 37 heavy (non-hydrogen) atoms. The zero-order valence-corrected chi connectivity index (χ0v) is 21.2. The zero-order valence-electron chi connectivity index (χ0n) is 26.5. The molecule has 0 bridgehead atoms. The Hall–Kier alpha value is -4.24. The number of amidine groups is 2. The van der Waals surface area contributed by atoms with Crippen LogP contribution in [-0.2, 0) is 0 Å². The van der Waals surface area contributed by atoms with E-state index in [-0.39, 0.29) is 53.1 Å². The third kappa shape index (κ3) is 4.11. The van der Waals surface area contributed by atoms with Crippen LogP contribution >= 0.6 is 0 Å². The number of benzene rings is 5.